The SMILES string of the molecule is CNC(=O)CNc1ncccc1C(N)=O. The van der Waals surface area contributed by atoms with E-state index in [4.69, 9.17) is 5.73 Å². The Morgan fingerprint density at radius 2 is 2.27 bits per heavy atom. The number of hydrogen-bond donors (Lipinski definition) is 3. The van der Waals surface area contributed by atoms with Gasteiger partial charge in [0.15, 0.2) is 0 Å². The minimum atomic E-state index is -0.581. The lowest BCUT2D eigenvalue weighted by Gasteiger charge is -2.07. The highest BCUT2D eigenvalue weighted by Crippen LogP contribution is 2.09. The summed E-state index contributed by atoms with van der Waals surface area (Å²) in [6.07, 6.45) is 1.51. The van der Waals surface area contributed by atoms with Crippen molar-refractivity contribution in [1.29, 1.82) is 0 Å². The summed E-state index contributed by atoms with van der Waals surface area (Å²) in [5, 5.41) is 5.16. The lowest BCUT2D eigenvalue weighted by molar-refractivity contribution is -0.118. The highest BCUT2D eigenvalue weighted by atomic mass is 16.2. The van der Waals surface area contributed by atoms with Gasteiger partial charge in [-0.25, -0.2) is 4.98 Å². The normalized spacial score (nSPS) is 9.40. The molecule has 0 spiro atoms. The van der Waals surface area contributed by atoms with Crippen LogP contribution in [0.2, 0.25) is 0 Å². The third kappa shape index (κ3) is 2.94. The molecule has 0 bridgehead atoms. The van der Waals surface area contributed by atoms with Crippen molar-refractivity contribution < 1.29 is 9.59 Å². The summed E-state index contributed by atoms with van der Waals surface area (Å²) in [4.78, 5) is 25.8. The molecule has 4 N–H and O–H groups in total. The first-order chi connectivity index (χ1) is 7.15. The second-order valence-electron chi connectivity index (χ2n) is 2.79. The Morgan fingerprint density at radius 1 is 1.53 bits per heavy atom. The largest absolute Gasteiger partial charge is 0.365 e. The van der Waals surface area contributed by atoms with Gasteiger partial charge in [0.05, 0.1) is 12.1 Å². The van der Waals surface area contributed by atoms with Gasteiger partial charge in [-0.1, -0.05) is 0 Å². The Labute approximate surface area is 86.9 Å². The first kappa shape index (κ1) is 11.0. The number of aromatic nitrogens is 1. The molecule has 0 aliphatic carbocycles. The molecule has 1 rings (SSSR count). The Kier molecular flexibility index (Phi) is 3.61. The minimum Gasteiger partial charge on any atom is -0.365 e. The zero-order valence-corrected chi connectivity index (χ0v) is 8.28. The predicted octanol–water partition coefficient (Wildman–Crippen LogP) is -0.662. The van der Waals surface area contributed by atoms with E-state index in [1.54, 1.807) is 12.1 Å². The lowest BCUT2D eigenvalue weighted by Crippen LogP contribution is -2.27. The van der Waals surface area contributed by atoms with E-state index in [2.05, 4.69) is 15.6 Å². The van der Waals surface area contributed by atoms with E-state index in [1.807, 2.05) is 0 Å². The maximum atomic E-state index is 11.0. The third-order valence-corrected chi connectivity index (χ3v) is 1.77. The van der Waals surface area contributed by atoms with Crippen molar-refractivity contribution in [3.63, 3.8) is 0 Å². The molecule has 0 saturated heterocycles. The number of rotatable bonds is 4. The van der Waals surface area contributed by atoms with Crippen LogP contribution in [0.5, 0.6) is 0 Å². The van der Waals surface area contributed by atoms with Crippen LogP contribution in [0.1, 0.15) is 10.4 Å². The highest BCUT2D eigenvalue weighted by molar-refractivity contribution is 5.97. The molecule has 80 valence electrons. The molecule has 0 aromatic carbocycles. The van der Waals surface area contributed by atoms with E-state index >= 15 is 0 Å². The first-order valence-corrected chi connectivity index (χ1v) is 4.34. The van der Waals surface area contributed by atoms with Gasteiger partial charge in [-0.3, -0.25) is 9.59 Å². The van der Waals surface area contributed by atoms with Crippen molar-refractivity contribution in [2.75, 3.05) is 18.9 Å². The summed E-state index contributed by atoms with van der Waals surface area (Å²) in [5.74, 6) is -0.466. The molecule has 1 aromatic rings. The zero-order valence-electron chi connectivity index (χ0n) is 8.28. The molecular formula is C9H12N4O2. The van der Waals surface area contributed by atoms with Crippen molar-refractivity contribution >= 4 is 17.6 Å². The van der Waals surface area contributed by atoms with Gasteiger partial charge in [0.2, 0.25) is 5.91 Å². The highest BCUT2D eigenvalue weighted by Gasteiger charge is 2.08. The van der Waals surface area contributed by atoms with Crippen LogP contribution < -0.4 is 16.4 Å². The lowest BCUT2D eigenvalue weighted by atomic mass is 10.2. The second kappa shape index (κ2) is 4.94. The molecule has 0 radical (unpaired) electrons. The van der Waals surface area contributed by atoms with E-state index in [0.717, 1.165) is 0 Å². The van der Waals surface area contributed by atoms with Gasteiger partial charge in [0, 0.05) is 13.2 Å². The molecule has 0 aliphatic rings. The minimum absolute atomic E-state index is 0.0494. The van der Waals surface area contributed by atoms with Gasteiger partial charge in [-0.15, -0.1) is 0 Å². The monoisotopic (exact) mass is 208 g/mol. The van der Waals surface area contributed by atoms with Crippen molar-refractivity contribution in [3.05, 3.63) is 23.9 Å². The molecular weight excluding hydrogens is 196 g/mol. The van der Waals surface area contributed by atoms with Crippen LogP contribution in [0.15, 0.2) is 18.3 Å². The van der Waals surface area contributed by atoms with Crippen molar-refractivity contribution in [1.82, 2.24) is 10.3 Å². The zero-order chi connectivity index (χ0) is 11.3. The van der Waals surface area contributed by atoms with Crippen molar-refractivity contribution in [2.45, 2.75) is 0 Å². The van der Waals surface area contributed by atoms with E-state index < -0.39 is 5.91 Å². The topological polar surface area (TPSA) is 97.1 Å². The number of hydrogen-bond acceptors (Lipinski definition) is 4. The molecule has 6 nitrogen and oxygen atoms in total. The van der Waals surface area contributed by atoms with Crippen LogP contribution in [0, 0.1) is 0 Å². The van der Waals surface area contributed by atoms with Gasteiger partial charge in [0.25, 0.3) is 5.91 Å². The molecule has 0 unspecified atom stereocenters. The molecule has 6 heteroatoms. The molecule has 0 atom stereocenters. The number of primary amides is 1. The molecule has 0 aliphatic heterocycles. The maximum absolute atomic E-state index is 11.0. The van der Waals surface area contributed by atoms with Gasteiger partial charge in [-0.2, -0.15) is 0 Å². The van der Waals surface area contributed by atoms with Crippen LogP contribution in [-0.2, 0) is 4.79 Å². The number of amides is 2. The summed E-state index contributed by atoms with van der Waals surface area (Å²) in [6.45, 7) is 0.0494. The summed E-state index contributed by atoms with van der Waals surface area (Å²) in [6, 6.07) is 3.15. The van der Waals surface area contributed by atoms with Gasteiger partial charge in [-0.05, 0) is 12.1 Å². The Hall–Kier alpha value is -2.11. The van der Waals surface area contributed by atoms with Crippen LogP contribution in [0.4, 0.5) is 5.82 Å². The summed E-state index contributed by atoms with van der Waals surface area (Å²) >= 11 is 0. The predicted molar refractivity (Wildman–Crippen MR) is 55.3 cm³/mol. The summed E-state index contributed by atoms with van der Waals surface area (Å²) in [5.41, 5.74) is 5.40. The molecule has 2 amide bonds. The number of nitrogens with one attached hydrogen (secondary N) is 2. The van der Waals surface area contributed by atoms with E-state index in [9.17, 15) is 9.59 Å². The number of nitrogens with two attached hydrogens (primary N) is 1. The molecule has 15 heavy (non-hydrogen) atoms. The fourth-order valence-electron chi connectivity index (χ4n) is 0.997. The first-order valence-electron chi connectivity index (χ1n) is 4.34. The van der Waals surface area contributed by atoms with Crippen molar-refractivity contribution in [2.24, 2.45) is 5.73 Å². The average Bonchev–Trinajstić information content (AvgIpc) is 2.26. The Balaban J connectivity index is 2.76. The number of nitrogens with zero attached hydrogens (tertiary/aromatic N) is 1. The fraction of sp³-hybridized carbons (Fsp3) is 0.222. The molecule has 1 heterocycles. The number of likely N-dealkylation sites (N-methyl/N-ethyl adjacent to an activating group) is 1. The van der Waals surface area contributed by atoms with E-state index in [-0.39, 0.29) is 18.0 Å². The fourth-order valence-corrected chi connectivity index (χ4v) is 0.997. The van der Waals surface area contributed by atoms with E-state index in [1.165, 1.54) is 13.2 Å². The van der Waals surface area contributed by atoms with E-state index in [0.29, 0.717) is 5.82 Å². The standard InChI is InChI=1S/C9H12N4O2/c1-11-7(14)5-13-9-6(8(10)15)3-2-4-12-9/h2-4H,5H2,1H3,(H2,10,15)(H,11,14)(H,12,13). The van der Waals surface area contributed by atoms with Crippen molar-refractivity contribution in [3.8, 4) is 0 Å². The maximum Gasteiger partial charge on any atom is 0.252 e. The number of anilines is 1. The van der Waals surface area contributed by atoms with Gasteiger partial charge in [0.1, 0.15) is 5.82 Å². The summed E-state index contributed by atoms with van der Waals surface area (Å²) < 4.78 is 0. The van der Waals surface area contributed by atoms with Gasteiger partial charge < -0.3 is 16.4 Å². The van der Waals surface area contributed by atoms with Crippen LogP contribution >= 0.6 is 0 Å². The van der Waals surface area contributed by atoms with Gasteiger partial charge >= 0.3 is 0 Å². The average molecular weight is 208 g/mol. The van der Waals surface area contributed by atoms with Crippen LogP contribution in [0.3, 0.4) is 0 Å². The number of carbonyl (C=O) groups excluding carboxylic acids is 2. The smallest absolute Gasteiger partial charge is 0.252 e. The second-order valence-corrected chi connectivity index (χ2v) is 2.79. The Morgan fingerprint density at radius 3 is 2.87 bits per heavy atom. The quantitative estimate of drug-likeness (QED) is 0.611. The number of carbonyl (C=O) groups is 2. The van der Waals surface area contributed by atoms with Crippen LogP contribution in [0.25, 0.3) is 0 Å². The summed E-state index contributed by atoms with van der Waals surface area (Å²) in [7, 11) is 1.53. The Bertz CT molecular complexity index is 378. The van der Waals surface area contributed by atoms with Crippen LogP contribution in [-0.4, -0.2) is 30.4 Å². The molecule has 0 fully saturated rings. The molecule has 0 saturated carbocycles. The third-order valence-electron chi connectivity index (χ3n) is 1.77. The molecule has 1 aromatic heterocycles. The number of pyridine rings is 1.